The largest absolute Gasteiger partial charge is 1.00 e. The zero-order chi connectivity index (χ0) is 13.4. The topological polar surface area (TPSA) is 38.1 Å². The molecule has 108 valence electrons. The molecule has 3 rings (SSSR count). The van der Waals surface area contributed by atoms with Crippen molar-refractivity contribution in [2.45, 2.75) is 19.4 Å². The van der Waals surface area contributed by atoms with E-state index in [1.54, 1.807) is 0 Å². The molecule has 1 aliphatic rings. The number of hydrogen-bond acceptors (Lipinski definition) is 2. The van der Waals surface area contributed by atoms with Crippen molar-refractivity contribution in [1.29, 1.82) is 0 Å². The molecule has 0 saturated carbocycles. The zero-order valence-electron chi connectivity index (χ0n) is 12.0. The molecule has 0 bridgehead atoms. The summed E-state index contributed by atoms with van der Waals surface area (Å²) in [5.74, 6) is 0. The first-order valence-corrected chi connectivity index (χ1v) is 6.77. The van der Waals surface area contributed by atoms with Crippen LogP contribution in [0.1, 0.15) is 18.0 Å². The zero-order valence-corrected chi connectivity index (χ0v) is 12.7. The molecule has 0 amide bonds. The van der Waals surface area contributed by atoms with Crippen LogP contribution in [0.15, 0.2) is 36.9 Å². The Morgan fingerprint density at radius 3 is 2.80 bits per heavy atom. The predicted octanol–water partition coefficient (Wildman–Crippen LogP) is -1.34. The Morgan fingerprint density at radius 2 is 2.15 bits per heavy atom. The highest BCUT2D eigenvalue weighted by atomic mass is 35.5. The Kier molecular flexibility index (Phi) is 4.23. The van der Waals surface area contributed by atoms with Gasteiger partial charge in [0.1, 0.15) is 18.4 Å². The summed E-state index contributed by atoms with van der Waals surface area (Å²) in [4.78, 5) is 2.44. The van der Waals surface area contributed by atoms with Crippen molar-refractivity contribution in [2.24, 2.45) is 7.05 Å². The number of benzene rings is 1. The van der Waals surface area contributed by atoms with Crippen LogP contribution in [0, 0.1) is 6.92 Å². The summed E-state index contributed by atoms with van der Waals surface area (Å²) < 4.78 is 4.40. The van der Waals surface area contributed by atoms with E-state index in [0.717, 1.165) is 24.3 Å². The van der Waals surface area contributed by atoms with Crippen LogP contribution in [0.25, 0.3) is 0 Å². The number of aromatic nitrogens is 2. The van der Waals surface area contributed by atoms with E-state index in [1.165, 1.54) is 12.1 Å². The molecule has 0 spiro atoms. The average molecular weight is 293 g/mol. The van der Waals surface area contributed by atoms with Crippen molar-refractivity contribution in [3.05, 3.63) is 42.5 Å². The lowest BCUT2D eigenvalue weighted by Crippen LogP contribution is -3.00. The van der Waals surface area contributed by atoms with Crippen LogP contribution in [-0.2, 0) is 7.05 Å². The first kappa shape index (κ1) is 14.7. The summed E-state index contributed by atoms with van der Waals surface area (Å²) in [7, 11) is 2.06. The number of imidazole rings is 1. The highest BCUT2D eigenvalue weighted by Gasteiger charge is 2.27. The molecular formula is C15H21ClN4. The van der Waals surface area contributed by atoms with Crippen LogP contribution in [-0.4, -0.2) is 17.7 Å². The molecular weight excluding hydrogens is 272 g/mol. The third kappa shape index (κ3) is 2.75. The van der Waals surface area contributed by atoms with Gasteiger partial charge in [0.05, 0.1) is 13.6 Å². The standard InChI is InChI=1S/C15H21N4.ClH/c1-12-9-13(3-4-15(12)16)18-6-5-14(10-18)19-8-7-17(2)11-19;/h3-4,7-9,11,14H,5-6,10,16H2,1-2H3;1H/q+1;/p-1. The highest BCUT2D eigenvalue weighted by Crippen LogP contribution is 2.28. The molecule has 5 heteroatoms. The number of nitrogens with two attached hydrogens (primary N) is 1. The molecule has 2 heterocycles. The lowest BCUT2D eigenvalue weighted by Gasteiger charge is -2.18. The van der Waals surface area contributed by atoms with Crippen LogP contribution in [0.4, 0.5) is 11.4 Å². The first-order chi connectivity index (χ1) is 9.13. The predicted molar refractivity (Wildman–Crippen MR) is 77.1 cm³/mol. The van der Waals surface area contributed by atoms with Gasteiger partial charge in [0, 0.05) is 24.3 Å². The molecule has 0 aliphatic carbocycles. The number of halogens is 1. The lowest BCUT2D eigenvalue weighted by atomic mass is 10.2. The van der Waals surface area contributed by atoms with E-state index in [9.17, 15) is 0 Å². The number of aryl methyl sites for hydroxylation is 2. The lowest BCUT2D eigenvalue weighted by molar-refractivity contribution is -0.671. The van der Waals surface area contributed by atoms with Crippen molar-refractivity contribution >= 4 is 11.4 Å². The van der Waals surface area contributed by atoms with Crippen LogP contribution >= 0.6 is 0 Å². The van der Waals surface area contributed by atoms with Crippen LogP contribution in [0.2, 0.25) is 0 Å². The van der Waals surface area contributed by atoms with Gasteiger partial charge in [-0.05, 0) is 30.7 Å². The molecule has 1 unspecified atom stereocenters. The van der Waals surface area contributed by atoms with Crippen molar-refractivity contribution in [3.63, 3.8) is 0 Å². The summed E-state index contributed by atoms with van der Waals surface area (Å²) in [6.45, 7) is 4.24. The summed E-state index contributed by atoms with van der Waals surface area (Å²) >= 11 is 0. The fraction of sp³-hybridized carbons (Fsp3) is 0.400. The summed E-state index contributed by atoms with van der Waals surface area (Å²) in [5, 5.41) is 0. The molecule has 2 aromatic rings. The minimum Gasteiger partial charge on any atom is -1.00 e. The summed E-state index contributed by atoms with van der Waals surface area (Å²) in [6.07, 6.45) is 7.60. The van der Waals surface area contributed by atoms with Gasteiger partial charge in [-0.15, -0.1) is 0 Å². The van der Waals surface area contributed by atoms with Crippen molar-refractivity contribution in [3.8, 4) is 0 Å². The Morgan fingerprint density at radius 1 is 1.35 bits per heavy atom. The minimum atomic E-state index is 0. The molecule has 20 heavy (non-hydrogen) atoms. The molecule has 1 aromatic carbocycles. The van der Waals surface area contributed by atoms with Crippen molar-refractivity contribution in [1.82, 2.24) is 4.57 Å². The molecule has 1 aliphatic heterocycles. The monoisotopic (exact) mass is 292 g/mol. The second-order valence-electron chi connectivity index (χ2n) is 5.46. The SMILES string of the molecule is Cc1cc(N2CCC(n3cc[n+](C)c3)C2)ccc1N.[Cl-]. The Labute approximate surface area is 126 Å². The van der Waals surface area contributed by atoms with E-state index in [4.69, 9.17) is 5.73 Å². The second kappa shape index (κ2) is 5.75. The maximum absolute atomic E-state index is 5.88. The Balaban J connectivity index is 0.00000147. The van der Waals surface area contributed by atoms with E-state index in [2.05, 4.69) is 58.9 Å². The van der Waals surface area contributed by atoms with E-state index in [1.807, 2.05) is 6.07 Å². The Bertz CT molecular complexity index is 593. The quantitative estimate of drug-likeness (QED) is 0.550. The third-order valence-corrected chi connectivity index (χ3v) is 3.99. The molecule has 4 nitrogen and oxygen atoms in total. The molecule has 1 saturated heterocycles. The van der Waals surface area contributed by atoms with Gasteiger partial charge in [0.15, 0.2) is 0 Å². The van der Waals surface area contributed by atoms with Gasteiger partial charge in [0.25, 0.3) is 0 Å². The van der Waals surface area contributed by atoms with Gasteiger partial charge < -0.3 is 23.0 Å². The molecule has 1 fully saturated rings. The van der Waals surface area contributed by atoms with Gasteiger partial charge in [0.2, 0.25) is 6.33 Å². The van der Waals surface area contributed by atoms with E-state index in [-0.39, 0.29) is 12.4 Å². The molecule has 0 radical (unpaired) electrons. The van der Waals surface area contributed by atoms with E-state index in [0.29, 0.717) is 6.04 Å². The smallest absolute Gasteiger partial charge is 0.243 e. The van der Waals surface area contributed by atoms with Gasteiger partial charge in [-0.3, -0.25) is 0 Å². The molecule has 2 N–H and O–H groups in total. The minimum absolute atomic E-state index is 0. The van der Waals surface area contributed by atoms with Crippen molar-refractivity contribution < 1.29 is 17.0 Å². The maximum atomic E-state index is 5.88. The number of anilines is 2. The van der Waals surface area contributed by atoms with Gasteiger partial charge in [-0.25, -0.2) is 9.13 Å². The normalized spacial score (nSPS) is 18.1. The highest BCUT2D eigenvalue weighted by molar-refractivity contribution is 5.58. The third-order valence-electron chi connectivity index (χ3n) is 3.99. The summed E-state index contributed by atoms with van der Waals surface area (Å²) in [5.41, 5.74) is 9.20. The van der Waals surface area contributed by atoms with Gasteiger partial charge in [-0.2, -0.15) is 0 Å². The Hall–Kier alpha value is -1.68. The number of nitrogens with zero attached hydrogens (tertiary/aromatic N) is 3. The summed E-state index contributed by atoms with van der Waals surface area (Å²) in [6, 6.07) is 6.89. The van der Waals surface area contributed by atoms with Crippen LogP contribution in [0.5, 0.6) is 0 Å². The van der Waals surface area contributed by atoms with Crippen molar-refractivity contribution in [2.75, 3.05) is 23.7 Å². The molecule has 1 aromatic heterocycles. The maximum Gasteiger partial charge on any atom is 0.243 e. The van der Waals surface area contributed by atoms with Crippen LogP contribution < -0.4 is 27.6 Å². The van der Waals surface area contributed by atoms with E-state index >= 15 is 0 Å². The average Bonchev–Trinajstić information content (AvgIpc) is 3.01. The number of nitrogen functional groups attached to an aromatic ring is 1. The number of rotatable bonds is 2. The number of hydrogen-bond donors (Lipinski definition) is 1. The first-order valence-electron chi connectivity index (χ1n) is 6.77. The van der Waals surface area contributed by atoms with Crippen LogP contribution in [0.3, 0.4) is 0 Å². The van der Waals surface area contributed by atoms with Gasteiger partial charge in [-0.1, -0.05) is 0 Å². The van der Waals surface area contributed by atoms with E-state index < -0.39 is 0 Å². The fourth-order valence-corrected chi connectivity index (χ4v) is 2.76. The second-order valence-corrected chi connectivity index (χ2v) is 5.46. The molecule has 1 atom stereocenters. The fourth-order valence-electron chi connectivity index (χ4n) is 2.76. The van der Waals surface area contributed by atoms with Gasteiger partial charge >= 0.3 is 0 Å².